The molecule has 3 heterocycles. The smallest absolute Gasteiger partial charge is 0.256 e. The number of fused-ring (bicyclic) bond motifs is 1. The number of benzene rings is 1. The summed E-state index contributed by atoms with van der Waals surface area (Å²) in [6, 6.07) is 5.31. The van der Waals surface area contributed by atoms with E-state index < -0.39 is 0 Å². The van der Waals surface area contributed by atoms with Crippen molar-refractivity contribution in [3.63, 3.8) is 0 Å². The number of ether oxygens (including phenoxy) is 4. The molecule has 0 saturated carbocycles. The highest BCUT2D eigenvalue weighted by Crippen LogP contribution is 2.37. The zero-order valence-corrected chi connectivity index (χ0v) is 21.4. The maximum absolute atomic E-state index is 12.8. The second-order valence-corrected chi connectivity index (χ2v) is 8.82. The van der Waals surface area contributed by atoms with Crippen molar-refractivity contribution < 1.29 is 23.7 Å². The van der Waals surface area contributed by atoms with Crippen LogP contribution in [0.2, 0.25) is 5.02 Å². The van der Waals surface area contributed by atoms with Crippen LogP contribution in [0.5, 0.6) is 17.4 Å². The van der Waals surface area contributed by atoms with E-state index in [1.54, 1.807) is 33.7 Å². The number of methoxy groups -OCH3 is 2. The van der Waals surface area contributed by atoms with E-state index in [1.165, 1.54) is 32.1 Å². The van der Waals surface area contributed by atoms with Crippen LogP contribution in [0.15, 0.2) is 29.4 Å². The van der Waals surface area contributed by atoms with Crippen LogP contribution in [-0.2, 0) is 9.53 Å². The fraction of sp³-hybridized carbons (Fsp3) is 0.391. The van der Waals surface area contributed by atoms with Crippen molar-refractivity contribution in [2.75, 3.05) is 46.8 Å². The number of rotatable bonds is 8. The van der Waals surface area contributed by atoms with Crippen LogP contribution in [0.1, 0.15) is 11.3 Å². The molecule has 1 unspecified atom stereocenters. The Bertz CT molecular complexity index is 1250. The molecule has 1 aromatic carbocycles. The summed E-state index contributed by atoms with van der Waals surface area (Å²) in [7, 11) is 3.05. The Balaban J connectivity index is 1.40. The first-order chi connectivity index (χ1) is 16.9. The highest BCUT2D eigenvalue weighted by Gasteiger charge is 2.24. The monoisotopic (exact) mass is 519 g/mol. The number of aromatic nitrogens is 4. The number of carbonyl (C=O) groups excluding carboxylic acids is 1. The zero-order chi connectivity index (χ0) is 24.9. The number of nitrogens with zero attached hydrogens (tertiary/aromatic N) is 5. The van der Waals surface area contributed by atoms with E-state index in [-0.39, 0.29) is 18.6 Å². The van der Waals surface area contributed by atoms with Gasteiger partial charge in [0.2, 0.25) is 16.9 Å². The van der Waals surface area contributed by atoms with E-state index in [9.17, 15) is 4.79 Å². The molecule has 1 atom stereocenters. The third-order valence-electron chi connectivity index (χ3n) is 5.36. The Kier molecular flexibility index (Phi) is 7.99. The predicted molar refractivity (Wildman–Crippen MR) is 133 cm³/mol. The SMILES string of the molecule is COc1ccc(/C=C/C(=O)N2CCOC(COc3cc(C)nc4nc(SC)nn34)C2)c(Cl)c1OC. The number of morpholine rings is 1. The first-order valence-electron chi connectivity index (χ1n) is 10.8. The minimum absolute atomic E-state index is 0.146. The number of aryl methyl sites for hydroxylation is 1. The summed E-state index contributed by atoms with van der Waals surface area (Å²) in [5.41, 5.74) is 1.42. The van der Waals surface area contributed by atoms with Crippen LogP contribution in [0.3, 0.4) is 0 Å². The summed E-state index contributed by atoms with van der Waals surface area (Å²) in [5.74, 6) is 1.80. The molecule has 1 amide bonds. The Morgan fingerprint density at radius 3 is 2.89 bits per heavy atom. The van der Waals surface area contributed by atoms with E-state index in [4.69, 9.17) is 30.5 Å². The third kappa shape index (κ3) is 5.63. The summed E-state index contributed by atoms with van der Waals surface area (Å²) in [6.45, 7) is 3.41. The molecular weight excluding hydrogens is 494 g/mol. The van der Waals surface area contributed by atoms with Crippen LogP contribution in [0, 0.1) is 6.92 Å². The summed E-state index contributed by atoms with van der Waals surface area (Å²) in [4.78, 5) is 23.3. The van der Waals surface area contributed by atoms with E-state index in [1.807, 2.05) is 13.2 Å². The fourth-order valence-electron chi connectivity index (χ4n) is 3.62. The standard InChI is InChI=1S/C23H26ClN5O5S/c1-14-11-19(29-22(25-14)26-23(27-29)35-4)34-13-16-12-28(9-10-33-16)18(30)8-6-15-5-7-17(31-2)21(32-3)20(15)24/h5-8,11,16H,9-10,12-13H2,1-4H3/b8-6+. The number of hydrogen-bond acceptors (Lipinski definition) is 9. The highest BCUT2D eigenvalue weighted by molar-refractivity contribution is 7.98. The first-order valence-corrected chi connectivity index (χ1v) is 12.4. The molecule has 10 nitrogen and oxygen atoms in total. The summed E-state index contributed by atoms with van der Waals surface area (Å²) in [5, 5.41) is 5.39. The topological polar surface area (TPSA) is 100 Å². The maximum Gasteiger partial charge on any atom is 0.256 e. The molecule has 1 aliphatic heterocycles. The lowest BCUT2D eigenvalue weighted by molar-refractivity contribution is -0.134. The fourth-order valence-corrected chi connectivity index (χ4v) is 4.26. The van der Waals surface area contributed by atoms with Gasteiger partial charge in [-0.25, -0.2) is 4.98 Å². The minimum atomic E-state index is -0.294. The average Bonchev–Trinajstić information content (AvgIpc) is 3.29. The molecule has 1 fully saturated rings. The Morgan fingerprint density at radius 2 is 2.14 bits per heavy atom. The zero-order valence-electron chi connectivity index (χ0n) is 19.9. The number of halogens is 1. The van der Waals surface area contributed by atoms with E-state index in [0.717, 1.165) is 5.69 Å². The number of amides is 1. The van der Waals surface area contributed by atoms with Crippen LogP contribution in [0.25, 0.3) is 11.9 Å². The van der Waals surface area contributed by atoms with Crippen LogP contribution >= 0.6 is 23.4 Å². The molecule has 0 aliphatic carbocycles. The van der Waals surface area contributed by atoms with Gasteiger partial charge in [0.15, 0.2) is 11.5 Å². The molecule has 1 saturated heterocycles. The predicted octanol–water partition coefficient (Wildman–Crippen LogP) is 3.14. The quantitative estimate of drug-likeness (QED) is 0.328. The molecule has 3 aromatic rings. The highest BCUT2D eigenvalue weighted by atomic mass is 35.5. The molecule has 0 N–H and O–H groups in total. The average molecular weight is 520 g/mol. The molecule has 12 heteroatoms. The van der Waals surface area contributed by atoms with Gasteiger partial charge < -0.3 is 23.8 Å². The van der Waals surface area contributed by atoms with E-state index in [2.05, 4.69) is 15.1 Å². The molecule has 2 aromatic heterocycles. The molecule has 0 bridgehead atoms. The van der Waals surface area contributed by atoms with Gasteiger partial charge in [-0.2, -0.15) is 9.50 Å². The van der Waals surface area contributed by atoms with Crippen molar-refractivity contribution in [2.45, 2.75) is 18.2 Å². The van der Waals surface area contributed by atoms with E-state index >= 15 is 0 Å². The summed E-state index contributed by atoms with van der Waals surface area (Å²) >= 11 is 7.84. The molecular formula is C23H26ClN5O5S. The maximum atomic E-state index is 12.8. The second-order valence-electron chi connectivity index (χ2n) is 7.67. The van der Waals surface area contributed by atoms with Crippen molar-refractivity contribution >= 4 is 41.1 Å². The molecule has 35 heavy (non-hydrogen) atoms. The first kappa shape index (κ1) is 25.1. The Morgan fingerprint density at radius 1 is 1.31 bits per heavy atom. The molecule has 0 spiro atoms. The normalized spacial score (nSPS) is 16.1. The molecule has 1 aliphatic rings. The molecule has 0 radical (unpaired) electrons. The summed E-state index contributed by atoms with van der Waals surface area (Å²) < 4.78 is 24.0. The van der Waals surface area contributed by atoms with Crippen molar-refractivity contribution in [3.8, 4) is 17.4 Å². The lowest BCUT2D eigenvalue weighted by Crippen LogP contribution is -2.47. The lowest BCUT2D eigenvalue weighted by Gasteiger charge is -2.32. The lowest BCUT2D eigenvalue weighted by atomic mass is 10.1. The van der Waals surface area contributed by atoms with Crippen LogP contribution in [0.4, 0.5) is 0 Å². The van der Waals surface area contributed by atoms with Crippen molar-refractivity contribution in [3.05, 3.63) is 40.6 Å². The van der Waals surface area contributed by atoms with Gasteiger partial charge in [0.1, 0.15) is 12.7 Å². The number of hydrogen-bond donors (Lipinski definition) is 0. The molecule has 4 rings (SSSR count). The molecule has 186 valence electrons. The number of thioether (sulfide) groups is 1. The third-order valence-corrected chi connectivity index (χ3v) is 6.29. The van der Waals surface area contributed by atoms with Gasteiger partial charge in [0.05, 0.1) is 32.4 Å². The van der Waals surface area contributed by atoms with Gasteiger partial charge in [-0.1, -0.05) is 23.4 Å². The van der Waals surface area contributed by atoms with Crippen LogP contribution < -0.4 is 14.2 Å². The number of carbonyl (C=O) groups is 1. The van der Waals surface area contributed by atoms with Gasteiger partial charge >= 0.3 is 0 Å². The van der Waals surface area contributed by atoms with Gasteiger partial charge in [0, 0.05) is 24.4 Å². The van der Waals surface area contributed by atoms with Crippen LogP contribution in [-0.4, -0.2) is 83.3 Å². The minimum Gasteiger partial charge on any atom is -0.493 e. The van der Waals surface area contributed by atoms with Gasteiger partial charge in [-0.15, -0.1) is 5.10 Å². The van der Waals surface area contributed by atoms with Gasteiger partial charge in [0.25, 0.3) is 5.78 Å². The van der Waals surface area contributed by atoms with Gasteiger partial charge in [-0.05, 0) is 37.0 Å². The largest absolute Gasteiger partial charge is 0.493 e. The van der Waals surface area contributed by atoms with Crippen molar-refractivity contribution in [2.24, 2.45) is 0 Å². The Hall–Kier alpha value is -3.02. The van der Waals surface area contributed by atoms with Crippen molar-refractivity contribution in [1.82, 2.24) is 24.5 Å². The van der Waals surface area contributed by atoms with Gasteiger partial charge in [-0.3, -0.25) is 4.79 Å². The van der Waals surface area contributed by atoms with Crippen molar-refractivity contribution in [1.29, 1.82) is 0 Å². The summed E-state index contributed by atoms with van der Waals surface area (Å²) in [6.07, 6.45) is 4.76. The Labute approximate surface area is 212 Å². The van der Waals surface area contributed by atoms with E-state index in [0.29, 0.717) is 58.6 Å². The second kappa shape index (κ2) is 11.1.